The van der Waals surface area contributed by atoms with Crippen LogP contribution in [-0.2, 0) is 29.1 Å². The minimum absolute atomic E-state index is 0.0535. The average molecular weight is 539 g/mol. The number of methoxy groups -OCH3 is 2. The van der Waals surface area contributed by atoms with E-state index in [4.69, 9.17) is 14.0 Å². The van der Waals surface area contributed by atoms with Crippen molar-refractivity contribution in [3.8, 4) is 5.75 Å². The molecule has 0 saturated carbocycles. The monoisotopic (exact) mass is 538 g/mol. The molecule has 1 amide bonds. The van der Waals surface area contributed by atoms with Crippen LogP contribution in [0.1, 0.15) is 35.8 Å². The summed E-state index contributed by atoms with van der Waals surface area (Å²) in [5.41, 5.74) is 2.81. The van der Waals surface area contributed by atoms with Crippen molar-refractivity contribution >= 4 is 28.9 Å². The van der Waals surface area contributed by atoms with Gasteiger partial charge in [-0.3, -0.25) is 15.0 Å². The maximum atomic E-state index is 11.8. The molecule has 3 N–H and O–H groups in total. The first-order valence-electron chi connectivity index (χ1n) is 12.5. The van der Waals surface area contributed by atoms with Crippen molar-refractivity contribution in [1.29, 1.82) is 0 Å². The number of aromatic nitrogens is 7. The predicted molar refractivity (Wildman–Crippen MR) is 138 cm³/mol. The Morgan fingerprint density at radius 3 is 2.74 bits per heavy atom. The molecule has 0 spiro atoms. The largest absolute Gasteiger partial charge is 0.495 e. The molecule has 4 aromatic rings. The molecule has 0 radical (unpaired) electrons. The fourth-order valence-electron chi connectivity index (χ4n) is 4.23. The highest BCUT2D eigenvalue weighted by atomic mass is 16.5. The molecular formula is C24H30N10O5. The molecule has 0 atom stereocenters. The van der Waals surface area contributed by atoms with Crippen molar-refractivity contribution in [3.05, 3.63) is 41.4 Å². The number of carbonyl (C=O) groups is 1. The van der Waals surface area contributed by atoms with Crippen molar-refractivity contribution in [1.82, 2.24) is 40.2 Å². The summed E-state index contributed by atoms with van der Waals surface area (Å²) in [4.78, 5) is 29.5. The van der Waals surface area contributed by atoms with Crippen molar-refractivity contribution < 1.29 is 23.5 Å². The van der Waals surface area contributed by atoms with E-state index in [-0.39, 0.29) is 12.5 Å². The topological polar surface area (TPSA) is 176 Å². The molecule has 0 aromatic carbocycles. The number of hydrogen-bond acceptors (Lipinski definition) is 13. The fourth-order valence-corrected chi connectivity index (χ4v) is 4.23. The maximum absolute atomic E-state index is 11.8. The summed E-state index contributed by atoms with van der Waals surface area (Å²) in [6, 6.07) is 2.41. The molecule has 5 heterocycles. The van der Waals surface area contributed by atoms with E-state index in [1.165, 1.54) is 7.11 Å². The number of rotatable bonds is 10. The lowest BCUT2D eigenvalue weighted by Gasteiger charge is -2.23. The average Bonchev–Trinajstić information content (AvgIpc) is 3.57. The van der Waals surface area contributed by atoms with Crippen LogP contribution in [0.25, 0.3) is 11.0 Å². The zero-order valence-corrected chi connectivity index (χ0v) is 21.9. The summed E-state index contributed by atoms with van der Waals surface area (Å²) in [7, 11) is 2.88. The molecule has 1 fully saturated rings. The van der Waals surface area contributed by atoms with Crippen LogP contribution in [0.15, 0.2) is 23.0 Å². The van der Waals surface area contributed by atoms with Gasteiger partial charge in [0.15, 0.2) is 11.6 Å². The molecule has 0 aliphatic carbocycles. The highest BCUT2D eigenvalue weighted by molar-refractivity contribution is 5.89. The van der Waals surface area contributed by atoms with Gasteiger partial charge in [-0.2, -0.15) is 15.1 Å². The summed E-state index contributed by atoms with van der Waals surface area (Å²) in [5.74, 6) is 2.00. The Hall–Kier alpha value is -4.37. The van der Waals surface area contributed by atoms with Crippen molar-refractivity contribution in [2.75, 3.05) is 38.1 Å². The van der Waals surface area contributed by atoms with Crippen LogP contribution in [0, 0.1) is 6.92 Å². The number of ether oxygens (including phenoxy) is 3. The standard InChI is InChI=1S/C24H30N10O5/c1-14-29-20(33-39-14)12-27-22-21-17(30-23(31-22)32-24(35)37-3)11-28-34(21)13-18-19(36-2)8-15(10-26-18)9-25-16-4-6-38-7-5-16/h8,10-11,16,25H,4-7,9,12-13H2,1-3H3,(H2,27,30,31,32,35). The zero-order valence-electron chi connectivity index (χ0n) is 21.9. The molecule has 1 saturated heterocycles. The number of anilines is 2. The Balaban J connectivity index is 1.39. The van der Waals surface area contributed by atoms with E-state index < -0.39 is 6.09 Å². The molecule has 39 heavy (non-hydrogen) atoms. The number of carbonyl (C=O) groups excluding carboxylic acids is 1. The third-order valence-electron chi connectivity index (χ3n) is 6.19. The van der Waals surface area contributed by atoms with E-state index in [9.17, 15) is 4.79 Å². The summed E-state index contributed by atoms with van der Waals surface area (Å²) in [6.45, 7) is 4.48. The minimum Gasteiger partial charge on any atom is -0.495 e. The molecule has 5 rings (SSSR count). The van der Waals surface area contributed by atoms with Crippen LogP contribution in [0.4, 0.5) is 16.6 Å². The van der Waals surface area contributed by atoms with E-state index in [2.05, 4.69) is 50.9 Å². The number of hydrogen-bond donors (Lipinski definition) is 3. The lowest BCUT2D eigenvalue weighted by molar-refractivity contribution is 0.0776. The Labute approximate surface area is 223 Å². The maximum Gasteiger partial charge on any atom is 0.413 e. The van der Waals surface area contributed by atoms with Gasteiger partial charge in [0.05, 0.1) is 33.5 Å². The highest BCUT2D eigenvalue weighted by Crippen LogP contribution is 2.26. The Morgan fingerprint density at radius 2 is 2.00 bits per heavy atom. The van der Waals surface area contributed by atoms with Crippen LogP contribution < -0.4 is 20.7 Å². The van der Waals surface area contributed by atoms with E-state index in [0.717, 1.165) is 31.6 Å². The van der Waals surface area contributed by atoms with Gasteiger partial charge in [0.2, 0.25) is 11.8 Å². The smallest absolute Gasteiger partial charge is 0.413 e. The van der Waals surface area contributed by atoms with Gasteiger partial charge >= 0.3 is 6.09 Å². The van der Waals surface area contributed by atoms with Gasteiger partial charge < -0.3 is 29.4 Å². The third kappa shape index (κ3) is 6.38. The quantitative estimate of drug-likeness (QED) is 0.267. The minimum atomic E-state index is -0.693. The Kier molecular flexibility index (Phi) is 8.07. The van der Waals surface area contributed by atoms with E-state index >= 15 is 0 Å². The normalized spacial score (nSPS) is 13.9. The van der Waals surface area contributed by atoms with Crippen molar-refractivity contribution in [2.24, 2.45) is 0 Å². The summed E-state index contributed by atoms with van der Waals surface area (Å²) in [6.07, 6.45) is 4.72. The Bertz CT molecular complexity index is 1430. The lowest BCUT2D eigenvalue weighted by Crippen LogP contribution is -2.34. The second-order valence-electron chi connectivity index (χ2n) is 8.89. The van der Waals surface area contributed by atoms with Crippen molar-refractivity contribution in [2.45, 2.75) is 45.4 Å². The number of nitrogens with zero attached hydrogens (tertiary/aromatic N) is 7. The highest BCUT2D eigenvalue weighted by Gasteiger charge is 2.19. The van der Waals surface area contributed by atoms with Crippen LogP contribution >= 0.6 is 0 Å². The number of aryl methyl sites for hydroxylation is 1. The second-order valence-corrected chi connectivity index (χ2v) is 8.89. The summed E-state index contributed by atoms with van der Waals surface area (Å²) < 4.78 is 22.5. The van der Waals surface area contributed by atoms with Gasteiger partial charge in [-0.1, -0.05) is 5.16 Å². The SMILES string of the molecule is COC(=O)Nc1nc(NCc2noc(C)n2)c2c(cnn2Cc2ncc(CNC3CCOCC3)cc2OC)n1. The molecule has 0 unspecified atom stereocenters. The van der Waals surface area contributed by atoms with Crippen molar-refractivity contribution in [3.63, 3.8) is 0 Å². The molecule has 0 bridgehead atoms. The fraction of sp³-hybridized carbons (Fsp3) is 0.458. The number of nitrogens with one attached hydrogen (secondary N) is 3. The van der Waals surface area contributed by atoms with Crippen LogP contribution in [0.5, 0.6) is 5.75 Å². The molecule has 1 aliphatic heterocycles. The second kappa shape index (κ2) is 12.0. The number of amides is 1. The van der Waals surface area contributed by atoms with Crippen LogP contribution in [0.2, 0.25) is 0 Å². The molecule has 4 aromatic heterocycles. The van der Waals surface area contributed by atoms with Gasteiger partial charge in [-0.05, 0) is 24.5 Å². The van der Waals surface area contributed by atoms with Gasteiger partial charge in [-0.15, -0.1) is 0 Å². The molecule has 1 aliphatic rings. The Morgan fingerprint density at radius 1 is 1.15 bits per heavy atom. The van der Waals surface area contributed by atoms with E-state index in [1.54, 1.807) is 24.9 Å². The summed E-state index contributed by atoms with van der Waals surface area (Å²) in [5, 5.41) is 17.7. The zero-order chi connectivity index (χ0) is 27.2. The third-order valence-corrected chi connectivity index (χ3v) is 6.19. The first kappa shape index (κ1) is 26.2. The molecule has 15 heteroatoms. The van der Waals surface area contributed by atoms with Gasteiger partial charge in [0.1, 0.15) is 22.5 Å². The van der Waals surface area contributed by atoms with Crippen LogP contribution in [-0.4, -0.2) is 74.4 Å². The van der Waals surface area contributed by atoms with E-state index in [1.807, 2.05) is 12.3 Å². The first-order valence-corrected chi connectivity index (χ1v) is 12.5. The number of pyridine rings is 1. The van der Waals surface area contributed by atoms with Gasteiger partial charge in [0, 0.05) is 38.9 Å². The van der Waals surface area contributed by atoms with E-state index in [0.29, 0.717) is 59.1 Å². The number of fused-ring (bicyclic) bond motifs is 1. The molecule has 15 nitrogen and oxygen atoms in total. The molecule has 206 valence electrons. The van der Waals surface area contributed by atoms with Gasteiger partial charge in [0.25, 0.3) is 0 Å². The first-order chi connectivity index (χ1) is 19.0. The lowest BCUT2D eigenvalue weighted by atomic mass is 10.1. The van der Waals surface area contributed by atoms with Gasteiger partial charge in [-0.25, -0.2) is 9.78 Å². The van der Waals surface area contributed by atoms with Crippen LogP contribution in [0.3, 0.4) is 0 Å². The predicted octanol–water partition coefficient (Wildman–Crippen LogP) is 2.03. The molecular weight excluding hydrogens is 508 g/mol. The summed E-state index contributed by atoms with van der Waals surface area (Å²) >= 11 is 0.